The van der Waals surface area contributed by atoms with Crippen molar-refractivity contribution in [1.82, 2.24) is 4.98 Å². The molecule has 0 saturated heterocycles. The molecule has 1 aromatic rings. The SMILES string of the molecule is CCN(c1ccc(N)c(OC(C)(C)C)n1)C(C)COC. The first kappa shape index (κ1) is 16.6. The van der Waals surface area contributed by atoms with Crippen LogP contribution in [0.3, 0.4) is 0 Å². The summed E-state index contributed by atoms with van der Waals surface area (Å²) < 4.78 is 11.0. The fourth-order valence-corrected chi connectivity index (χ4v) is 2.00. The molecule has 0 spiro atoms. The molecule has 5 nitrogen and oxygen atoms in total. The third-order valence-corrected chi connectivity index (χ3v) is 2.85. The zero-order valence-corrected chi connectivity index (χ0v) is 13.4. The lowest BCUT2D eigenvalue weighted by atomic mass is 10.2. The predicted octanol–water partition coefficient (Wildman–Crippen LogP) is 2.70. The van der Waals surface area contributed by atoms with E-state index in [-0.39, 0.29) is 11.6 Å². The van der Waals surface area contributed by atoms with Crippen LogP contribution in [0, 0.1) is 0 Å². The van der Waals surface area contributed by atoms with E-state index in [4.69, 9.17) is 15.2 Å². The fraction of sp³-hybridized carbons (Fsp3) is 0.667. The number of aromatic nitrogens is 1. The molecule has 0 saturated carbocycles. The first-order valence-corrected chi connectivity index (χ1v) is 6.99. The lowest BCUT2D eigenvalue weighted by Gasteiger charge is -2.29. The van der Waals surface area contributed by atoms with Crippen molar-refractivity contribution in [1.29, 1.82) is 0 Å². The number of hydrogen-bond acceptors (Lipinski definition) is 5. The zero-order chi connectivity index (χ0) is 15.3. The second kappa shape index (κ2) is 6.79. The highest BCUT2D eigenvalue weighted by atomic mass is 16.5. The van der Waals surface area contributed by atoms with E-state index in [1.807, 2.05) is 32.9 Å². The summed E-state index contributed by atoms with van der Waals surface area (Å²) in [4.78, 5) is 6.72. The molecule has 0 aliphatic heterocycles. The number of likely N-dealkylation sites (N-methyl/N-ethyl adjacent to an activating group) is 1. The third-order valence-electron chi connectivity index (χ3n) is 2.85. The lowest BCUT2D eigenvalue weighted by Crippen LogP contribution is -2.37. The van der Waals surface area contributed by atoms with Crippen molar-refractivity contribution in [3.8, 4) is 5.88 Å². The Morgan fingerprint density at radius 2 is 2.00 bits per heavy atom. The van der Waals surface area contributed by atoms with Gasteiger partial charge in [-0.25, -0.2) is 0 Å². The number of pyridine rings is 1. The van der Waals surface area contributed by atoms with Crippen LogP contribution in [-0.2, 0) is 4.74 Å². The molecule has 114 valence electrons. The van der Waals surface area contributed by atoms with Crippen molar-refractivity contribution < 1.29 is 9.47 Å². The van der Waals surface area contributed by atoms with Gasteiger partial charge in [-0.3, -0.25) is 0 Å². The number of nitrogens with two attached hydrogens (primary N) is 1. The molecule has 1 rings (SSSR count). The van der Waals surface area contributed by atoms with Gasteiger partial charge in [0.1, 0.15) is 11.4 Å². The van der Waals surface area contributed by atoms with Gasteiger partial charge in [0.15, 0.2) is 0 Å². The van der Waals surface area contributed by atoms with E-state index in [0.29, 0.717) is 18.2 Å². The maximum atomic E-state index is 5.94. The van der Waals surface area contributed by atoms with Gasteiger partial charge in [-0.2, -0.15) is 4.98 Å². The topological polar surface area (TPSA) is 60.6 Å². The van der Waals surface area contributed by atoms with Crippen molar-refractivity contribution in [3.05, 3.63) is 12.1 Å². The van der Waals surface area contributed by atoms with E-state index in [1.165, 1.54) is 0 Å². The quantitative estimate of drug-likeness (QED) is 0.868. The maximum Gasteiger partial charge on any atom is 0.239 e. The van der Waals surface area contributed by atoms with Crippen LogP contribution in [0.4, 0.5) is 11.5 Å². The largest absolute Gasteiger partial charge is 0.470 e. The molecular weight excluding hydrogens is 254 g/mol. The molecule has 20 heavy (non-hydrogen) atoms. The molecule has 1 heterocycles. The average molecular weight is 281 g/mol. The molecule has 0 aromatic carbocycles. The van der Waals surface area contributed by atoms with Gasteiger partial charge in [-0.15, -0.1) is 0 Å². The molecule has 0 aliphatic rings. The number of methoxy groups -OCH3 is 1. The van der Waals surface area contributed by atoms with Crippen LogP contribution in [-0.4, -0.2) is 36.9 Å². The zero-order valence-electron chi connectivity index (χ0n) is 13.4. The van der Waals surface area contributed by atoms with E-state index < -0.39 is 0 Å². The Morgan fingerprint density at radius 1 is 1.35 bits per heavy atom. The highest BCUT2D eigenvalue weighted by molar-refractivity contribution is 5.55. The first-order valence-electron chi connectivity index (χ1n) is 6.99. The van der Waals surface area contributed by atoms with Crippen LogP contribution in [0.1, 0.15) is 34.6 Å². The number of nitrogen functional groups attached to an aromatic ring is 1. The summed E-state index contributed by atoms with van der Waals surface area (Å²) >= 11 is 0. The van der Waals surface area contributed by atoms with E-state index in [1.54, 1.807) is 7.11 Å². The van der Waals surface area contributed by atoms with Gasteiger partial charge in [0.25, 0.3) is 0 Å². The highest BCUT2D eigenvalue weighted by Gasteiger charge is 2.19. The first-order chi connectivity index (χ1) is 9.28. The molecule has 1 unspecified atom stereocenters. The number of hydrogen-bond donors (Lipinski definition) is 1. The van der Waals surface area contributed by atoms with Gasteiger partial charge in [0.2, 0.25) is 5.88 Å². The summed E-state index contributed by atoms with van der Waals surface area (Å²) in [6, 6.07) is 4.00. The molecule has 0 amide bonds. The number of ether oxygens (including phenoxy) is 2. The summed E-state index contributed by atoms with van der Waals surface area (Å²) in [5.41, 5.74) is 6.17. The van der Waals surface area contributed by atoms with E-state index in [9.17, 15) is 0 Å². The summed E-state index contributed by atoms with van der Waals surface area (Å²) in [7, 11) is 1.70. The standard InChI is InChI=1S/C15H27N3O2/c1-7-18(11(2)10-19-6)13-9-8-12(16)14(17-13)20-15(3,4)5/h8-9,11H,7,10,16H2,1-6H3. The fourth-order valence-electron chi connectivity index (χ4n) is 2.00. The molecule has 0 fully saturated rings. The Bertz CT molecular complexity index is 430. The number of anilines is 2. The van der Waals surface area contributed by atoms with Gasteiger partial charge in [-0.1, -0.05) is 0 Å². The molecule has 1 aromatic heterocycles. The highest BCUT2D eigenvalue weighted by Crippen LogP contribution is 2.27. The molecule has 1 atom stereocenters. The Balaban J connectivity index is 3.03. The Hall–Kier alpha value is -1.49. The van der Waals surface area contributed by atoms with Gasteiger partial charge in [-0.05, 0) is 46.8 Å². The summed E-state index contributed by atoms with van der Waals surface area (Å²) in [5, 5.41) is 0. The Labute approximate surface area is 122 Å². The number of nitrogens with zero attached hydrogens (tertiary/aromatic N) is 2. The smallest absolute Gasteiger partial charge is 0.239 e. The second-order valence-electron chi connectivity index (χ2n) is 5.87. The van der Waals surface area contributed by atoms with Crippen LogP contribution >= 0.6 is 0 Å². The molecule has 0 aliphatic carbocycles. The van der Waals surface area contributed by atoms with Gasteiger partial charge in [0.05, 0.1) is 18.3 Å². The minimum absolute atomic E-state index is 0.239. The van der Waals surface area contributed by atoms with Crippen molar-refractivity contribution in [2.24, 2.45) is 0 Å². The van der Waals surface area contributed by atoms with Crippen LogP contribution < -0.4 is 15.4 Å². The second-order valence-corrected chi connectivity index (χ2v) is 5.87. The molecule has 2 N–H and O–H groups in total. The van der Waals surface area contributed by atoms with E-state index >= 15 is 0 Å². The molecular formula is C15H27N3O2. The third kappa shape index (κ3) is 4.56. The minimum atomic E-state index is -0.324. The Morgan fingerprint density at radius 3 is 2.50 bits per heavy atom. The predicted molar refractivity (Wildman–Crippen MR) is 83.4 cm³/mol. The van der Waals surface area contributed by atoms with Crippen molar-refractivity contribution in [2.45, 2.75) is 46.3 Å². The molecule has 5 heteroatoms. The summed E-state index contributed by atoms with van der Waals surface area (Å²) in [6.07, 6.45) is 0. The minimum Gasteiger partial charge on any atom is -0.470 e. The van der Waals surface area contributed by atoms with E-state index in [2.05, 4.69) is 23.7 Å². The Kier molecular flexibility index (Phi) is 5.62. The lowest BCUT2D eigenvalue weighted by molar-refractivity contribution is 0.125. The van der Waals surface area contributed by atoms with Crippen molar-refractivity contribution in [2.75, 3.05) is 30.9 Å². The van der Waals surface area contributed by atoms with Crippen molar-refractivity contribution >= 4 is 11.5 Å². The monoisotopic (exact) mass is 281 g/mol. The van der Waals surface area contributed by atoms with Crippen LogP contribution in [0.5, 0.6) is 5.88 Å². The maximum absolute atomic E-state index is 5.94. The summed E-state index contributed by atoms with van der Waals surface area (Å²) in [5.74, 6) is 1.34. The van der Waals surface area contributed by atoms with Crippen LogP contribution in [0.2, 0.25) is 0 Å². The van der Waals surface area contributed by atoms with Gasteiger partial charge < -0.3 is 20.1 Å². The average Bonchev–Trinajstić information content (AvgIpc) is 2.32. The molecule has 0 radical (unpaired) electrons. The molecule has 0 bridgehead atoms. The number of rotatable bonds is 6. The van der Waals surface area contributed by atoms with Crippen molar-refractivity contribution in [3.63, 3.8) is 0 Å². The van der Waals surface area contributed by atoms with Gasteiger partial charge >= 0.3 is 0 Å². The normalized spacial score (nSPS) is 13.1. The van der Waals surface area contributed by atoms with E-state index in [0.717, 1.165) is 12.4 Å². The summed E-state index contributed by atoms with van der Waals surface area (Å²) in [6.45, 7) is 11.6. The van der Waals surface area contributed by atoms with Crippen LogP contribution in [0.25, 0.3) is 0 Å². The van der Waals surface area contributed by atoms with Gasteiger partial charge in [0, 0.05) is 13.7 Å². The van der Waals surface area contributed by atoms with Crippen LogP contribution in [0.15, 0.2) is 12.1 Å².